The van der Waals surface area contributed by atoms with Crippen molar-refractivity contribution in [3.63, 3.8) is 0 Å². The highest BCUT2D eigenvalue weighted by Crippen LogP contribution is 2.69. The minimum atomic E-state index is -0.790. The Morgan fingerprint density at radius 1 is 0.868 bits per heavy atom. The maximum Gasteiger partial charge on any atom is 0.303 e. The fraction of sp³-hybridized carbons (Fsp3) is 0.867. The topological polar surface area (TPSA) is 116 Å². The van der Waals surface area contributed by atoms with Crippen molar-refractivity contribution in [1.29, 1.82) is 0 Å². The first-order valence-corrected chi connectivity index (χ1v) is 14.5. The van der Waals surface area contributed by atoms with Gasteiger partial charge < -0.3 is 19.3 Å². The van der Waals surface area contributed by atoms with Crippen molar-refractivity contribution in [2.75, 3.05) is 0 Å². The molecule has 0 aromatic carbocycles. The summed E-state index contributed by atoms with van der Waals surface area (Å²) in [7, 11) is 0. The van der Waals surface area contributed by atoms with Gasteiger partial charge in [-0.1, -0.05) is 20.8 Å². The van der Waals surface area contributed by atoms with Gasteiger partial charge in [-0.25, -0.2) is 0 Å². The minimum absolute atomic E-state index is 0.0370. The third-order valence-corrected chi connectivity index (χ3v) is 11.2. The molecule has 8 nitrogen and oxygen atoms in total. The molecule has 214 valence electrons. The molecule has 0 aromatic rings. The molecule has 0 heterocycles. The van der Waals surface area contributed by atoms with Crippen LogP contribution in [-0.4, -0.2) is 47.3 Å². The highest BCUT2D eigenvalue weighted by Gasteiger charge is 2.67. The van der Waals surface area contributed by atoms with E-state index in [0.717, 1.165) is 38.5 Å². The van der Waals surface area contributed by atoms with Gasteiger partial charge in [0.25, 0.3) is 0 Å². The Bertz CT molecular complexity index is 947. The second-order valence-electron chi connectivity index (χ2n) is 13.2. The summed E-state index contributed by atoms with van der Waals surface area (Å²) >= 11 is 0. The lowest BCUT2D eigenvalue weighted by Crippen LogP contribution is -2.63. The van der Waals surface area contributed by atoms with E-state index in [9.17, 15) is 24.3 Å². The monoisotopic (exact) mass is 534 g/mol. The van der Waals surface area contributed by atoms with Gasteiger partial charge in [0.15, 0.2) is 0 Å². The van der Waals surface area contributed by atoms with Gasteiger partial charge in [0.2, 0.25) is 0 Å². The smallest absolute Gasteiger partial charge is 0.303 e. The molecule has 0 aliphatic heterocycles. The van der Waals surface area contributed by atoms with Gasteiger partial charge in [-0.2, -0.15) is 0 Å². The molecule has 4 fully saturated rings. The summed E-state index contributed by atoms with van der Waals surface area (Å²) in [6.45, 7) is 11.1. The Kier molecular flexibility index (Phi) is 8.21. The van der Waals surface area contributed by atoms with E-state index in [0.29, 0.717) is 12.8 Å². The molecule has 4 saturated carbocycles. The van der Waals surface area contributed by atoms with E-state index < -0.39 is 5.97 Å². The van der Waals surface area contributed by atoms with Crippen molar-refractivity contribution in [2.45, 2.75) is 118 Å². The van der Waals surface area contributed by atoms with Crippen molar-refractivity contribution in [3.8, 4) is 0 Å². The van der Waals surface area contributed by atoms with E-state index in [-0.39, 0.29) is 89.0 Å². The van der Waals surface area contributed by atoms with Crippen molar-refractivity contribution in [2.24, 2.45) is 46.3 Å². The summed E-state index contributed by atoms with van der Waals surface area (Å²) in [5.74, 6) is -0.421. The van der Waals surface area contributed by atoms with Crippen LogP contribution in [0.15, 0.2) is 0 Å². The molecule has 38 heavy (non-hydrogen) atoms. The second-order valence-corrected chi connectivity index (χ2v) is 13.2. The van der Waals surface area contributed by atoms with Crippen molar-refractivity contribution < 1.29 is 38.5 Å². The number of hydrogen-bond acceptors (Lipinski definition) is 7. The molecular formula is C30H46O8. The van der Waals surface area contributed by atoms with E-state index >= 15 is 0 Å². The Morgan fingerprint density at radius 2 is 1.53 bits per heavy atom. The lowest BCUT2D eigenvalue weighted by Gasteiger charge is -2.64. The Morgan fingerprint density at radius 3 is 2.13 bits per heavy atom. The average Bonchev–Trinajstić information content (AvgIpc) is 3.16. The number of aliphatic carboxylic acids is 1. The van der Waals surface area contributed by atoms with E-state index in [2.05, 4.69) is 20.8 Å². The molecule has 0 radical (unpaired) electrons. The molecule has 4 rings (SSSR count). The van der Waals surface area contributed by atoms with Gasteiger partial charge in [0, 0.05) is 38.5 Å². The summed E-state index contributed by atoms with van der Waals surface area (Å²) in [6, 6.07) is 0. The molecular weight excluding hydrogens is 488 g/mol. The Labute approximate surface area is 226 Å². The first-order chi connectivity index (χ1) is 17.8. The number of carboxylic acid groups (broad SMARTS) is 1. The average molecular weight is 535 g/mol. The molecule has 0 aromatic heterocycles. The first-order valence-electron chi connectivity index (χ1n) is 14.5. The van der Waals surface area contributed by atoms with Gasteiger partial charge in [0.05, 0.1) is 0 Å². The molecule has 1 N–H and O–H groups in total. The summed E-state index contributed by atoms with van der Waals surface area (Å²) in [5.41, 5.74) is -0.355. The largest absolute Gasteiger partial charge is 0.481 e. The lowest BCUT2D eigenvalue weighted by atomic mass is 9.43. The molecule has 0 amide bonds. The van der Waals surface area contributed by atoms with Crippen LogP contribution in [0.4, 0.5) is 0 Å². The number of fused-ring (bicyclic) bond motifs is 5. The van der Waals surface area contributed by atoms with Gasteiger partial charge in [0.1, 0.15) is 18.3 Å². The number of ether oxygens (including phenoxy) is 3. The van der Waals surface area contributed by atoms with Crippen molar-refractivity contribution in [1.82, 2.24) is 0 Å². The summed E-state index contributed by atoms with van der Waals surface area (Å²) in [6.07, 6.45) is 5.93. The van der Waals surface area contributed by atoms with Crippen LogP contribution in [0.5, 0.6) is 0 Å². The minimum Gasteiger partial charge on any atom is -0.481 e. The molecule has 4 aliphatic carbocycles. The van der Waals surface area contributed by atoms with Crippen LogP contribution < -0.4 is 0 Å². The van der Waals surface area contributed by atoms with Gasteiger partial charge in [-0.3, -0.25) is 19.2 Å². The van der Waals surface area contributed by atoms with Crippen LogP contribution in [-0.2, 0) is 33.4 Å². The first kappa shape index (κ1) is 28.9. The molecule has 11 atom stereocenters. The van der Waals surface area contributed by atoms with E-state index in [1.165, 1.54) is 20.8 Å². The zero-order valence-corrected chi connectivity index (χ0v) is 23.9. The third-order valence-electron chi connectivity index (χ3n) is 11.2. The molecule has 0 spiro atoms. The SMILES string of the molecule is CC(=O)OC1CCC2(C)C(C1)CC(OC(C)=O)C1C2CC(OC(C)=O)C2(C)C(C(C)CCC(=O)O)CCC12. The van der Waals surface area contributed by atoms with E-state index in [1.54, 1.807) is 0 Å². The number of esters is 3. The summed E-state index contributed by atoms with van der Waals surface area (Å²) in [5, 5.41) is 9.31. The Balaban J connectivity index is 1.71. The highest BCUT2D eigenvalue weighted by atomic mass is 16.6. The summed E-state index contributed by atoms with van der Waals surface area (Å²) in [4.78, 5) is 47.7. The normalized spacial score (nSPS) is 42.6. The van der Waals surface area contributed by atoms with Crippen LogP contribution in [0.3, 0.4) is 0 Å². The quantitative estimate of drug-likeness (QED) is 0.352. The maximum absolute atomic E-state index is 12.4. The van der Waals surface area contributed by atoms with Gasteiger partial charge >= 0.3 is 23.9 Å². The zero-order chi connectivity index (χ0) is 28.0. The predicted octanol–water partition coefficient (Wildman–Crippen LogP) is 5.16. The van der Waals surface area contributed by atoms with Crippen LogP contribution in [0, 0.1) is 46.3 Å². The van der Waals surface area contributed by atoms with Crippen LogP contribution >= 0.6 is 0 Å². The maximum atomic E-state index is 12.4. The van der Waals surface area contributed by atoms with Crippen LogP contribution in [0.2, 0.25) is 0 Å². The lowest BCUT2D eigenvalue weighted by molar-refractivity contribution is -0.224. The highest BCUT2D eigenvalue weighted by molar-refractivity contribution is 5.67. The fourth-order valence-electron chi connectivity index (χ4n) is 9.67. The van der Waals surface area contributed by atoms with Crippen molar-refractivity contribution in [3.05, 3.63) is 0 Å². The van der Waals surface area contributed by atoms with Crippen LogP contribution in [0.1, 0.15) is 99.3 Å². The van der Waals surface area contributed by atoms with E-state index in [4.69, 9.17) is 14.2 Å². The standard InChI is InChI=1S/C30H46O8/c1-16(7-10-27(34)35)22-8-9-23-28-24(15-26(30(22,23)6)38-19(4)33)29(5)12-11-21(36-17(2)31)13-20(29)14-25(28)37-18(3)32/h16,20-26,28H,7-15H2,1-6H3,(H,34,35). The summed E-state index contributed by atoms with van der Waals surface area (Å²) < 4.78 is 17.8. The number of carbonyl (C=O) groups excluding carboxylic acids is 3. The second kappa shape index (κ2) is 10.8. The third kappa shape index (κ3) is 5.21. The predicted molar refractivity (Wildman–Crippen MR) is 139 cm³/mol. The number of rotatable bonds is 7. The van der Waals surface area contributed by atoms with Gasteiger partial charge in [-0.05, 0) is 86.4 Å². The zero-order valence-electron chi connectivity index (χ0n) is 23.9. The molecule has 0 bridgehead atoms. The number of carbonyl (C=O) groups is 4. The van der Waals surface area contributed by atoms with Crippen molar-refractivity contribution >= 4 is 23.9 Å². The van der Waals surface area contributed by atoms with Crippen LogP contribution in [0.25, 0.3) is 0 Å². The Hall–Kier alpha value is -2.12. The molecule has 8 heteroatoms. The molecule has 4 aliphatic rings. The molecule has 0 saturated heterocycles. The van der Waals surface area contributed by atoms with E-state index in [1.807, 2.05) is 0 Å². The number of carboxylic acids is 1. The molecule has 11 unspecified atom stereocenters. The number of hydrogen-bond donors (Lipinski definition) is 1. The van der Waals surface area contributed by atoms with Gasteiger partial charge in [-0.15, -0.1) is 0 Å². The fourth-order valence-corrected chi connectivity index (χ4v) is 9.67.